The lowest BCUT2D eigenvalue weighted by Crippen LogP contribution is -2.38. The number of hydrogen-bond donors (Lipinski definition) is 2. The van der Waals surface area contributed by atoms with E-state index in [4.69, 9.17) is 21.3 Å². The molecule has 1 aliphatic heterocycles. The first-order chi connectivity index (χ1) is 14.2. The molecule has 3 rings (SSSR count). The molecule has 0 amide bonds. The van der Waals surface area contributed by atoms with Gasteiger partial charge in [0.25, 0.3) is 0 Å². The van der Waals surface area contributed by atoms with Crippen LogP contribution in [0.4, 0.5) is 0 Å². The first-order valence-corrected chi connectivity index (χ1v) is 10.8. The average Bonchev–Trinajstić information content (AvgIpc) is 2.95. The van der Waals surface area contributed by atoms with Gasteiger partial charge >= 0.3 is 0 Å². The molecule has 0 saturated carbocycles. The van der Waals surface area contributed by atoms with Crippen LogP contribution >= 0.6 is 35.6 Å². The van der Waals surface area contributed by atoms with Crippen molar-refractivity contribution in [2.75, 3.05) is 26.7 Å². The molecule has 7 nitrogen and oxygen atoms in total. The molecule has 166 valence electrons. The Balaban J connectivity index is 0.00000320. The third-order valence-corrected chi connectivity index (χ3v) is 5.43. The van der Waals surface area contributed by atoms with E-state index in [-0.39, 0.29) is 24.0 Å². The number of fused-ring (bicyclic) bond motifs is 1. The summed E-state index contributed by atoms with van der Waals surface area (Å²) in [4.78, 5) is 4.70. The Morgan fingerprint density at radius 1 is 1.20 bits per heavy atom. The van der Waals surface area contributed by atoms with Gasteiger partial charge in [-0.2, -0.15) is 0 Å². The maximum Gasteiger partial charge on any atom is 0.191 e. The molecule has 30 heavy (non-hydrogen) atoms. The lowest BCUT2D eigenvalue weighted by molar-refractivity contribution is 0.414. The van der Waals surface area contributed by atoms with Gasteiger partial charge in [0, 0.05) is 44.0 Å². The van der Waals surface area contributed by atoms with Crippen molar-refractivity contribution in [2.45, 2.75) is 52.0 Å². The number of rotatable bonds is 8. The van der Waals surface area contributed by atoms with E-state index in [0.717, 1.165) is 72.8 Å². The highest BCUT2D eigenvalue weighted by Gasteiger charge is 2.14. The molecule has 2 N–H and O–H groups in total. The summed E-state index contributed by atoms with van der Waals surface area (Å²) in [6, 6.07) is 5.78. The number of nitrogens with zero attached hydrogens (tertiary/aromatic N) is 4. The van der Waals surface area contributed by atoms with Gasteiger partial charge in [0.1, 0.15) is 17.4 Å². The van der Waals surface area contributed by atoms with E-state index in [0.29, 0.717) is 6.54 Å². The fourth-order valence-corrected chi connectivity index (χ4v) is 3.78. The minimum atomic E-state index is 0. The second-order valence-electron chi connectivity index (χ2n) is 7.14. The molecular weight excluding hydrogens is 515 g/mol. The lowest BCUT2D eigenvalue weighted by Gasteiger charge is -2.12. The van der Waals surface area contributed by atoms with Gasteiger partial charge in [-0.05, 0) is 43.9 Å². The molecule has 0 radical (unpaired) electrons. The van der Waals surface area contributed by atoms with E-state index >= 15 is 0 Å². The highest BCUT2D eigenvalue weighted by atomic mass is 127. The Kier molecular flexibility index (Phi) is 10.7. The van der Waals surface area contributed by atoms with Crippen molar-refractivity contribution >= 4 is 41.5 Å². The van der Waals surface area contributed by atoms with Crippen molar-refractivity contribution in [1.29, 1.82) is 0 Å². The average molecular weight is 547 g/mol. The van der Waals surface area contributed by atoms with E-state index < -0.39 is 0 Å². The number of aromatic nitrogens is 3. The van der Waals surface area contributed by atoms with Crippen molar-refractivity contribution in [1.82, 2.24) is 25.4 Å². The molecule has 1 aromatic heterocycles. The molecule has 9 heteroatoms. The van der Waals surface area contributed by atoms with Crippen LogP contribution in [0.3, 0.4) is 0 Å². The molecule has 0 saturated heterocycles. The summed E-state index contributed by atoms with van der Waals surface area (Å²) in [5.41, 5.74) is 1.09. The van der Waals surface area contributed by atoms with E-state index in [9.17, 15) is 0 Å². The number of methoxy groups -OCH3 is 1. The Morgan fingerprint density at radius 3 is 2.83 bits per heavy atom. The van der Waals surface area contributed by atoms with Crippen molar-refractivity contribution in [3.8, 4) is 5.75 Å². The number of hydrogen-bond acceptors (Lipinski definition) is 4. The van der Waals surface area contributed by atoms with Gasteiger partial charge in [-0.1, -0.05) is 24.1 Å². The minimum Gasteiger partial charge on any atom is -0.497 e. The lowest BCUT2D eigenvalue weighted by atomic mass is 10.1. The maximum atomic E-state index is 6.33. The van der Waals surface area contributed by atoms with E-state index in [1.54, 1.807) is 7.11 Å². The largest absolute Gasteiger partial charge is 0.497 e. The highest BCUT2D eigenvalue weighted by Crippen LogP contribution is 2.22. The fourth-order valence-electron chi connectivity index (χ4n) is 3.51. The molecule has 1 aromatic carbocycles. The van der Waals surface area contributed by atoms with Crippen LogP contribution in [0.2, 0.25) is 5.02 Å². The zero-order chi connectivity index (χ0) is 20.5. The quantitative estimate of drug-likeness (QED) is 0.300. The zero-order valence-corrected chi connectivity index (χ0v) is 20.9. The summed E-state index contributed by atoms with van der Waals surface area (Å²) in [7, 11) is 1.64. The molecule has 0 fully saturated rings. The number of halogens is 2. The SMILES string of the molecule is CCNC(=NCCc1nnc2n1CCCCC2)NCCc1ccc(OC)cc1Cl.I. The van der Waals surface area contributed by atoms with Gasteiger partial charge in [0.2, 0.25) is 0 Å². The Bertz CT molecular complexity index is 826. The van der Waals surface area contributed by atoms with Crippen LogP contribution in [-0.2, 0) is 25.8 Å². The van der Waals surface area contributed by atoms with Crippen LogP contribution in [0, 0.1) is 0 Å². The summed E-state index contributed by atoms with van der Waals surface area (Å²) in [6.07, 6.45) is 6.34. The van der Waals surface area contributed by atoms with Crippen molar-refractivity contribution in [3.63, 3.8) is 0 Å². The van der Waals surface area contributed by atoms with Crippen LogP contribution in [0.1, 0.15) is 43.4 Å². The van der Waals surface area contributed by atoms with Gasteiger partial charge < -0.3 is 19.9 Å². The number of ether oxygens (including phenoxy) is 1. The summed E-state index contributed by atoms with van der Waals surface area (Å²) in [5.74, 6) is 3.76. The second kappa shape index (κ2) is 13.0. The van der Waals surface area contributed by atoms with Crippen LogP contribution in [-0.4, -0.2) is 47.5 Å². The van der Waals surface area contributed by atoms with E-state index in [2.05, 4.69) is 32.3 Å². The second-order valence-corrected chi connectivity index (χ2v) is 7.55. The van der Waals surface area contributed by atoms with Crippen LogP contribution < -0.4 is 15.4 Å². The predicted molar refractivity (Wildman–Crippen MR) is 132 cm³/mol. The van der Waals surface area contributed by atoms with Crippen molar-refractivity contribution < 1.29 is 4.74 Å². The number of aryl methyl sites for hydroxylation is 1. The Hall–Kier alpha value is -1.55. The van der Waals surface area contributed by atoms with E-state index in [1.807, 2.05) is 18.2 Å². The van der Waals surface area contributed by atoms with Gasteiger partial charge in [0.15, 0.2) is 5.96 Å². The fraction of sp³-hybridized carbons (Fsp3) is 0.571. The molecule has 2 heterocycles. The summed E-state index contributed by atoms with van der Waals surface area (Å²) in [5, 5.41) is 16.2. The molecule has 0 atom stereocenters. The number of nitrogens with one attached hydrogen (secondary N) is 2. The molecular formula is C21H32ClIN6O. The third kappa shape index (κ3) is 7.01. The van der Waals surface area contributed by atoms with E-state index in [1.165, 1.54) is 19.3 Å². The smallest absolute Gasteiger partial charge is 0.191 e. The van der Waals surface area contributed by atoms with Crippen molar-refractivity contribution in [3.05, 3.63) is 40.4 Å². The standard InChI is InChI=1S/C21H31ClN6O.HI/c1-3-23-21(24-12-10-16-8-9-17(29-2)15-18(16)22)25-13-11-20-27-26-19-7-5-4-6-14-28(19)20;/h8-9,15H,3-7,10-14H2,1-2H3,(H2,23,24,25);1H. The Labute approximate surface area is 201 Å². The molecule has 0 aliphatic carbocycles. The van der Waals surface area contributed by atoms with Crippen LogP contribution in [0.5, 0.6) is 5.75 Å². The number of benzene rings is 1. The molecule has 1 aliphatic rings. The molecule has 2 aromatic rings. The number of guanidine groups is 1. The van der Waals surface area contributed by atoms with Gasteiger partial charge in [0.05, 0.1) is 7.11 Å². The highest BCUT2D eigenvalue weighted by molar-refractivity contribution is 14.0. The molecule has 0 bridgehead atoms. The summed E-state index contributed by atoms with van der Waals surface area (Å²) >= 11 is 6.33. The van der Waals surface area contributed by atoms with Gasteiger partial charge in [-0.15, -0.1) is 34.2 Å². The first-order valence-electron chi connectivity index (χ1n) is 10.5. The van der Waals surface area contributed by atoms with Gasteiger partial charge in [-0.25, -0.2) is 0 Å². The first kappa shape index (κ1) is 24.7. The minimum absolute atomic E-state index is 0. The van der Waals surface area contributed by atoms with Crippen molar-refractivity contribution in [2.24, 2.45) is 4.99 Å². The molecule has 0 spiro atoms. The van der Waals surface area contributed by atoms with Crippen LogP contribution in [0.15, 0.2) is 23.2 Å². The Morgan fingerprint density at radius 2 is 2.07 bits per heavy atom. The molecule has 0 unspecified atom stereocenters. The normalized spacial score (nSPS) is 13.8. The summed E-state index contributed by atoms with van der Waals surface area (Å²) in [6.45, 7) is 5.34. The summed E-state index contributed by atoms with van der Waals surface area (Å²) < 4.78 is 7.49. The predicted octanol–water partition coefficient (Wildman–Crippen LogP) is 3.62. The topological polar surface area (TPSA) is 76.4 Å². The third-order valence-electron chi connectivity index (χ3n) is 5.08. The zero-order valence-electron chi connectivity index (χ0n) is 17.8. The van der Waals surface area contributed by atoms with Gasteiger partial charge in [-0.3, -0.25) is 4.99 Å². The van der Waals surface area contributed by atoms with Crippen LogP contribution in [0.25, 0.3) is 0 Å². The monoisotopic (exact) mass is 546 g/mol. The number of aliphatic imine (C=N–C) groups is 1. The maximum absolute atomic E-state index is 6.33.